The van der Waals surface area contributed by atoms with E-state index in [0.717, 1.165) is 19.4 Å². The number of hydrogen-bond donors (Lipinski definition) is 8. The van der Waals surface area contributed by atoms with Crippen molar-refractivity contribution in [3.05, 3.63) is 0 Å². The van der Waals surface area contributed by atoms with Crippen LogP contribution in [0.4, 0.5) is 0 Å². The van der Waals surface area contributed by atoms with Gasteiger partial charge in [0, 0.05) is 45.7 Å². The van der Waals surface area contributed by atoms with E-state index in [1.54, 1.807) is 14.7 Å². The number of nitrogens with two attached hydrogens (primary N) is 2. The Hall–Kier alpha value is -4.97. The minimum absolute atomic E-state index is 0.277. The fraction of sp³-hybridized carbons (Fsp3) is 0.795. The Morgan fingerprint density at radius 2 is 0.940 bits per heavy atom. The number of carboxylic acids is 1. The van der Waals surface area contributed by atoms with Crippen molar-refractivity contribution in [2.75, 3.05) is 58.9 Å². The third-order valence-corrected chi connectivity index (χ3v) is 14.4. The van der Waals surface area contributed by atoms with Gasteiger partial charge in [0.15, 0.2) is 6.04 Å². The van der Waals surface area contributed by atoms with E-state index in [1.165, 1.54) is 14.7 Å². The van der Waals surface area contributed by atoms with Crippen molar-refractivity contribution in [3.63, 3.8) is 0 Å². The van der Waals surface area contributed by atoms with Crippen LogP contribution in [0.2, 0.25) is 0 Å². The fourth-order valence-corrected chi connectivity index (χ4v) is 11.0. The van der Waals surface area contributed by atoms with Crippen molar-refractivity contribution < 1.29 is 59.7 Å². The third kappa shape index (κ3) is 12.2. The van der Waals surface area contributed by atoms with Crippen LogP contribution in [0.25, 0.3) is 0 Å². The number of carbonyl (C=O) groups is 9. The lowest BCUT2D eigenvalue weighted by atomic mass is 10.1. The Bertz CT molecular complexity index is 1840. The van der Waals surface area contributed by atoms with E-state index in [2.05, 4.69) is 27.4 Å². The lowest BCUT2D eigenvalue weighted by Gasteiger charge is -2.37. The first-order chi connectivity index (χ1) is 32.1. The SMILES string of the molecule is NC(N)NCCC[C@H](NC(=O)[C@@H]([NH3+])CCCC[NH3+])C(=O)N1CCC[C@H]1C(=O)N1CCC[C@H]1C(=O)N1CCC[C@H]1C(=O)N1CCC[C@H]1C(=O)N1CCC[C@H]1C(=O)N1CCC[C@H]1C(=O)NCC(=O)O. The Morgan fingerprint density at radius 1 is 0.552 bits per heavy atom. The fourth-order valence-electron chi connectivity index (χ4n) is 11.0. The summed E-state index contributed by atoms with van der Waals surface area (Å²) in [4.78, 5) is 132. The molecule has 67 heavy (non-hydrogen) atoms. The maximum Gasteiger partial charge on any atom is 0.322 e. The molecule has 8 atom stereocenters. The maximum absolute atomic E-state index is 14.5. The van der Waals surface area contributed by atoms with Crippen molar-refractivity contribution in [3.8, 4) is 0 Å². The molecule has 23 nitrogen and oxygen atoms in total. The summed E-state index contributed by atoms with van der Waals surface area (Å²) in [6, 6.07) is -6.46. The summed E-state index contributed by atoms with van der Waals surface area (Å²) in [5.74, 6) is -4.20. The van der Waals surface area contributed by atoms with Gasteiger partial charge in [-0.05, 0) is 109 Å². The summed E-state index contributed by atoms with van der Waals surface area (Å²) in [6.07, 6.45) is 7.92. The Balaban J connectivity index is 1.09. The van der Waals surface area contributed by atoms with Crippen molar-refractivity contribution in [1.29, 1.82) is 0 Å². The molecule has 0 aliphatic carbocycles. The lowest BCUT2D eigenvalue weighted by molar-refractivity contribution is -0.406. The van der Waals surface area contributed by atoms with Crippen LogP contribution in [-0.2, 0) is 43.2 Å². The molecule has 6 aliphatic rings. The predicted molar refractivity (Wildman–Crippen MR) is 239 cm³/mol. The molecular weight excluding hydrogens is 871 g/mol. The molecule has 0 radical (unpaired) electrons. The number of hydrogen-bond acceptors (Lipinski definition) is 12. The highest BCUT2D eigenvalue weighted by Gasteiger charge is 2.50. The van der Waals surface area contributed by atoms with Crippen LogP contribution in [0.5, 0.6) is 0 Å². The molecule has 6 aliphatic heterocycles. The van der Waals surface area contributed by atoms with Gasteiger partial charge >= 0.3 is 5.97 Å². The number of nitrogens with one attached hydrogen (secondary N) is 3. The van der Waals surface area contributed by atoms with Gasteiger partial charge in [0.2, 0.25) is 41.4 Å². The first-order valence-electron chi connectivity index (χ1n) is 24.6. The minimum Gasteiger partial charge on any atom is -0.480 e. The quantitative estimate of drug-likeness (QED) is 0.0421. The molecule has 8 amide bonds. The molecule has 0 bridgehead atoms. The zero-order valence-corrected chi connectivity index (χ0v) is 39.0. The number of nitrogens with zero attached hydrogens (tertiary/aromatic N) is 6. The second-order valence-corrected chi connectivity index (χ2v) is 19.0. The van der Waals surface area contributed by atoms with Gasteiger partial charge in [-0.1, -0.05) is 0 Å². The van der Waals surface area contributed by atoms with Gasteiger partial charge in [-0.2, -0.15) is 0 Å². The first kappa shape index (κ1) is 51.4. The van der Waals surface area contributed by atoms with Crippen LogP contribution in [0.1, 0.15) is 109 Å². The van der Waals surface area contributed by atoms with Crippen molar-refractivity contribution in [2.45, 2.75) is 164 Å². The van der Waals surface area contributed by atoms with Crippen molar-refractivity contribution >= 4 is 53.2 Å². The van der Waals surface area contributed by atoms with Gasteiger partial charge in [0.05, 0.1) is 6.54 Å². The van der Waals surface area contributed by atoms with E-state index in [9.17, 15) is 43.2 Å². The van der Waals surface area contributed by atoms with E-state index in [0.29, 0.717) is 136 Å². The molecule has 0 spiro atoms. The second-order valence-electron chi connectivity index (χ2n) is 19.0. The average Bonchev–Trinajstić information content (AvgIpc) is 4.17. The third-order valence-electron chi connectivity index (χ3n) is 14.4. The molecule has 14 N–H and O–H groups in total. The van der Waals surface area contributed by atoms with Crippen LogP contribution in [0.3, 0.4) is 0 Å². The van der Waals surface area contributed by atoms with Crippen LogP contribution < -0.4 is 38.9 Å². The highest BCUT2D eigenvalue weighted by molar-refractivity contribution is 5.99. The van der Waals surface area contributed by atoms with Crippen molar-refractivity contribution in [1.82, 2.24) is 45.3 Å². The summed E-state index contributed by atoms with van der Waals surface area (Å²) in [5, 5.41) is 17.2. The number of carboxylic acid groups (broad SMARTS) is 1. The van der Waals surface area contributed by atoms with E-state index in [1.807, 2.05) is 0 Å². The second kappa shape index (κ2) is 23.8. The van der Waals surface area contributed by atoms with Gasteiger partial charge in [0.1, 0.15) is 55.1 Å². The molecule has 0 aromatic heterocycles. The van der Waals surface area contributed by atoms with Gasteiger partial charge in [-0.15, -0.1) is 0 Å². The molecule has 6 fully saturated rings. The number of quaternary nitrogens is 2. The van der Waals surface area contributed by atoms with E-state index in [4.69, 9.17) is 16.6 Å². The highest BCUT2D eigenvalue weighted by atomic mass is 16.4. The monoisotopic (exact) mass is 946 g/mol. The molecule has 0 aromatic carbocycles. The molecule has 23 heteroatoms. The lowest BCUT2D eigenvalue weighted by Crippen LogP contribution is -2.69. The van der Waals surface area contributed by atoms with Gasteiger partial charge < -0.3 is 68.1 Å². The normalized spacial score (nSPS) is 26.1. The predicted octanol–water partition coefficient (Wildman–Crippen LogP) is -4.79. The highest BCUT2D eigenvalue weighted by Crippen LogP contribution is 2.33. The molecular formula is C44H75N13O10+2. The topological polar surface area (TPSA) is 337 Å². The molecule has 6 saturated heterocycles. The standard InChI is InChI=1S/C44H73N13O10/c45-18-2-1-10-27(46)36(60)51-28(11-3-19-49-44(47)48)38(62)53-21-5-13-30(53)40(64)55-23-7-15-32(55)42(66)57-25-9-17-34(57)43(67)56-24-8-16-33(56)41(65)54-22-6-14-31(54)39(63)52-20-4-12-29(52)37(61)50-26-35(58)59/h27-34,44,49H,1-26,45-48H2,(H,50,61)(H,51,60)(H,58,59)/p+2/t27-,28-,29-,30-,31-,32-,33-,34-/m0/s1. The molecule has 374 valence electrons. The van der Waals surface area contributed by atoms with Crippen LogP contribution in [0.15, 0.2) is 0 Å². The molecule has 0 saturated carbocycles. The molecule has 0 aromatic rings. The largest absolute Gasteiger partial charge is 0.480 e. The summed E-state index contributed by atoms with van der Waals surface area (Å²) in [7, 11) is 0. The summed E-state index contributed by atoms with van der Waals surface area (Å²) in [5.41, 5.74) is 19.2. The van der Waals surface area contributed by atoms with E-state index in [-0.39, 0.29) is 47.8 Å². The van der Waals surface area contributed by atoms with Gasteiger partial charge in [0.25, 0.3) is 5.91 Å². The van der Waals surface area contributed by atoms with Crippen molar-refractivity contribution in [2.24, 2.45) is 11.5 Å². The Labute approximate surface area is 391 Å². The molecule has 0 unspecified atom stereocenters. The summed E-state index contributed by atoms with van der Waals surface area (Å²) < 4.78 is 0. The zero-order chi connectivity index (χ0) is 48.4. The van der Waals surface area contributed by atoms with Crippen LogP contribution >= 0.6 is 0 Å². The zero-order valence-electron chi connectivity index (χ0n) is 39.0. The Morgan fingerprint density at radius 3 is 1.34 bits per heavy atom. The van der Waals surface area contributed by atoms with E-state index >= 15 is 0 Å². The van der Waals surface area contributed by atoms with Crippen LogP contribution in [0, 0.1) is 0 Å². The number of unbranched alkanes of at least 4 members (excludes halogenated alkanes) is 1. The van der Waals surface area contributed by atoms with E-state index < -0.39 is 73.0 Å². The number of carbonyl (C=O) groups excluding carboxylic acids is 8. The summed E-state index contributed by atoms with van der Waals surface area (Å²) >= 11 is 0. The number of aliphatic carboxylic acids is 1. The van der Waals surface area contributed by atoms with Gasteiger partial charge in [-0.25, -0.2) is 0 Å². The number of likely N-dealkylation sites (tertiary alicyclic amines) is 6. The van der Waals surface area contributed by atoms with Gasteiger partial charge in [-0.3, -0.25) is 48.5 Å². The summed E-state index contributed by atoms with van der Waals surface area (Å²) in [6.45, 7) is 2.45. The molecule has 6 heterocycles. The average molecular weight is 946 g/mol. The minimum atomic E-state index is -1.20. The smallest absolute Gasteiger partial charge is 0.322 e. The first-order valence-corrected chi connectivity index (χ1v) is 24.6. The van der Waals surface area contributed by atoms with Crippen LogP contribution in [-0.4, -0.2) is 201 Å². The Kier molecular flexibility index (Phi) is 18.3. The number of rotatable bonds is 20. The maximum atomic E-state index is 14.5. The number of amides is 8. The molecule has 6 rings (SSSR count).